The number of amides is 2. The minimum atomic E-state index is -0.854. The van der Waals surface area contributed by atoms with Gasteiger partial charge >= 0.3 is 0 Å². The summed E-state index contributed by atoms with van der Waals surface area (Å²) in [7, 11) is 0. The first kappa shape index (κ1) is 24.8. The van der Waals surface area contributed by atoms with E-state index in [1.807, 2.05) is 0 Å². The molecule has 14 heteroatoms. The molecule has 2 aromatic rings. The van der Waals surface area contributed by atoms with Gasteiger partial charge in [-0.2, -0.15) is 0 Å². The molecule has 2 amide bonds. The Morgan fingerprint density at radius 3 is 1.51 bits per heavy atom. The van der Waals surface area contributed by atoms with Crippen LogP contribution in [0.5, 0.6) is 11.5 Å². The fourth-order valence-electron chi connectivity index (χ4n) is 3.27. The van der Waals surface area contributed by atoms with Gasteiger partial charge in [0.05, 0.1) is 23.1 Å². The zero-order valence-corrected chi connectivity index (χ0v) is 18.3. The van der Waals surface area contributed by atoms with Gasteiger partial charge in [-0.1, -0.05) is 12.2 Å². The lowest BCUT2D eigenvalue weighted by molar-refractivity contribution is -0.384. The molecule has 1 aliphatic rings. The van der Waals surface area contributed by atoms with Crippen LogP contribution in [0.2, 0.25) is 0 Å². The average molecular weight is 486 g/mol. The Kier molecular flexibility index (Phi) is 7.66. The molecule has 35 heavy (non-hydrogen) atoms. The molecule has 6 N–H and O–H groups in total. The molecule has 0 fully saturated rings. The smallest absolute Gasteiger partial charge is 0.296 e. The van der Waals surface area contributed by atoms with Crippen LogP contribution in [-0.2, 0) is 0 Å². The van der Waals surface area contributed by atoms with E-state index in [4.69, 9.17) is 20.9 Å². The monoisotopic (exact) mass is 486 g/mol. The number of nitro groups is 2. The standard InChI is InChI=1S/C21H22N6O8/c22-20(28)12-8-14(26(30)31)18-16(10-12)34-6-3-7-35-17-11-13(21(23)29)9-15(27(32)33)19(17)25-5-2-1-4-24-18/h1-2,8-11,24-25H,3-7H2,(H2,22,28)(H2,23,29)/b2-1+. The van der Waals surface area contributed by atoms with Gasteiger partial charge in [0.25, 0.3) is 11.4 Å². The van der Waals surface area contributed by atoms with Gasteiger partial charge in [0.2, 0.25) is 11.8 Å². The highest BCUT2D eigenvalue weighted by Crippen LogP contribution is 2.37. The van der Waals surface area contributed by atoms with Gasteiger partial charge in [0.1, 0.15) is 11.5 Å². The number of nitrogens with zero attached hydrogens (tertiary/aromatic N) is 2. The molecule has 0 aliphatic carbocycles. The summed E-state index contributed by atoms with van der Waals surface area (Å²) in [4.78, 5) is 45.1. The summed E-state index contributed by atoms with van der Waals surface area (Å²) in [5.74, 6) is -1.59. The van der Waals surface area contributed by atoms with Crippen LogP contribution in [0.3, 0.4) is 0 Å². The van der Waals surface area contributed by atoms with E-state index in [2.05, 4.69) is 10.6 Å². The van der Waals surface area contributed by atoms with Crippen molar-refractivity contribution in [2.75, 3.05) is 36.9 Å². The normalized spacial score (nSPS) is 14.6. The van der Waals surface area contributed by atoms with Gasteiger partial charge < -0.3 is 31.6 Å². The molecule has 0 bridgehead atoms. The SMILES string of the molecule is NC(=O)c1cc2c(c([N+](=O)[O-])c1)NC/C=C/CNc1c(cc(C(N)=O)cc1[N+](=O)[O-])OCCCO2. The first-order chi connectivity index (χ1) is 16.7. The van der Waals surface area contributed by atoms with E-state index < -0.39 is 21.7 Å². The van der Waals surface area contributed by atoms with Crippen molar-refractivity contribution in [1.29, 1.82) is 0 Å². The van der Waals surface area contributed by atoms with Crippen molar-refractivity contribution in [3.8, 4) is 11.5 Å². The van der Waals surface area contributed by atoms with Crippen LogP contribution in [-0.4, -0.2) is 48.0 Å². The first-order valence-corrected chi connectivity index (χ1v) is 10.3. The molecular formula is C21H22N6O8. The van der Waals surface area contributed by atoms with Crippen molar-refractivity contribution >= 4 is 34.6 Å². The van der Waals surface area contributed by atoms with Crippen LogP contribution >= 0.6 is 0 Å². The quantitative estimate of drug-likeness (QED) is 0.280. The number of nitro benzene ring substituents is 2. The molecule has 14 nitrogen and oxygen atoms in total. The van der Waals surface area contributed by atoms with Crippen LogP contribution in [0.4, 0.5) is 22.7 Å². The van der Waals surface area contributed by atoms with Crippen LogP contribution in [0.1, 0.15) is 27.1 Å². The lowest BCUT2D eigenvalue weighted by Crippen LogP contribution is -2.14. The molecule has 2 aromatic carbocycles. The predicted octanol–water partition coefficient (Wildman–Crippen LogP) is 1.94. The third-order valence-electron chi connectivity index (χ3n) is 4.89. The molecule has 0 unspecified atom stereocenters. The van der Waals surface area contributed by atoms with Gasteiger partial charge in [0, 0.05) is 42.8 Å². The van der Waals surface area contributed by atoms with Crippen LogP contribution < -0.4 is 31.6 Å². The number of primary amides is 2. The third-order valence-corrected chi connectivity index (χ3v) is 4.89. The van der Waals surface area contributed by atoms with Crippen molar-refractivity contribution in [2.24, 2.45) is 11.5 Å². The fourth-order valence-corrected chi connectivity index (χ4v) is 3.27. The van der Waals surface area contributed by atoms with Crippen molar-refractivity contribution < 1.29 is 28.9 Å². The second-order valence-electron chi connectivity index (χ2n) is 7.26. The fraction of sp³-hybridized carbons (Fsp3) is 0.238. The zero-order chi connectivity index (χ0) is 25.5. The van der Waals surface area contributed by atoms with E-state index in [-0.39, 0.29) is 78.1 Å². The average Bonchev–Trinajstić information content (AvgIpc) is 2.81. The van der Waals surface area contributed by atoms with Crippen molar-refractivity contribution in [2.45, 2.75) is 6.42 Å². The molecule has 1 aliphatic heterocycles. The Bertz CT molecular complexity index is 1120. The largest absolute Gasteiger partial charge is 0.491 e. The summed E-state index contributed by atoms with van der Waals surface area (Å²) in [6, 6.07) is 4.73. The first-order valence-electron chi connectivity index (χ1n) is 10.3. The van der Waals surface area contributed by atoms with Gasteiger partial charge in [-0.3, -0.25) is 29.8 Å². The minimum absolute atomic E-state index is 0.0181. The summed E-state index contributed by atoms with van der Waals surface area (Å²) in [6.07, 6.45) is 3.51. The molecule has 0 atom stereocenters. The number of rotatable bonds is 4. The Morgan fingerprint density at radius 2 is 1.17 bits per heavy atom. The van der Waals surface area contributed by atoms with E-state index in [1.165, 1.54) is 12.1 Å². The molecule has 3 rings (SSSR count). The number of ether oxygens (including phenoxy) is 2. The molecule has 0 spiro atoms. The Balaban J connectivity index is 1.94. The lowest BCUT2D eigenvalue weighted by Gasteiger charge is -2.15. The van der Waals surface area contributed by atoms with Gasteiger partial charge in [-0.15, -0.1) is 0 Å². The van der Waals surface area contributed by atoms with E-state index in [9.17, 15) is 29.8 Å². The van der Waals surface area contributed by atoms with Gasteiger partial charge in [-0.05, 0) is 12.1 Å². The number of nitrogens with two attached hydrogens (primary N) is 2. The van der Waals surface area contributed by atoms with Crippen LogP contribution in [0.15, 0.2) is 36.4 Å². The number of hydrogen-bond donors (Lipinski definition) is 4. The molecule has 0 saturated heterocycles. The molecular weight excluding hydrogens is 464 g/mol. The summed E-state index contributed by atoms with van der Waals surface area (Å²) in [5, 5.41) is 28.9. The number of nitrogens with one attached hydrogen (secondary N) is 2. The maximum absolute atomic E-state index is 11.6. The number of anilines is 2. The number of carbonyl (C=O) groups is 2. The second-order valence-corrected chi connectivity index (χ2v) is 7.26. The number of benzene rings is 2. The predicted molar refractivity (Wildman–Crippen MR) is 125 cm³/mol. The highest BCUT2D eigenvalue weighted by molar-refractivity contribution is 5.96. The molecule has 0 radical (unpaired) electrons. The number of carbonyl (C=O) groups excluding carboxylic acids is 2. The van der Waals surface area contributed by atoms with Crippen LogP contribution in [0.25, 0.3) is 0 Å². The number of fused-ring (bicyclic) bond motifs is 2. The Hall–Kier alpha value is -4.88. The highest BCUT2D eigenvalue weighted by atomic mass is 16.6. The van der Waals surface area contributed by atoms with Crippen LogP contribution in [0, 0.1) is 20.2 Å². The molecule has 0 saturated carbocycles. The maximum Gasteiger partial charge on any atom is 0.296 e. The van der Waals surface area contributed by atoms with Gasteiger partial charge in [0.15, 0.2) is 11.4 Å². The lowest BCUT2D eigenvalue weighted by atomic mass is 10.1. The Labute approximate surface area is 198 Å². The summed E-state index contributed by atoms with van der Waals surface area (Å²) < 4.78 is 11.4. The molecule has 0 aromatic heterocycles. The summed E-state index contributed by atoms with van der Waals surface area (Å²) in [5.41, 5.74) is 9.78. The van der Waals surface area contributed by atoms with E-state index in [0.717, 1.165) is 12.1 Å². The Morgan fingerprint density at radius 1 is 0.771 bits per heavy atom. The maximum atomic E-state index is 11.6. The summed E-state index contributed by atoms with van der Waals surface area (Å²) >= 11 is 0. The molecule has 184 valence electrons. The summed E-state index contributed by atoms with van der Waals surface area (Å²) in [6.45, 7) is 0.316. The molecule has 1 heterocycles. The highest BCUT2D eigenvalue weighted by Gasteiger charge is 2.24. The zero-order valence-electron chi connectivity index (χ0n) is 18.3. The third kappa shape index (κ3) is 5.93. The second kappa shape index (κ2) is 10.8. The number of hydrogen-bond acceptors (Lipinski definition) is 10. The van der Waals surface area contributed by atoms with E-state index in [0.29, 0.717) is 0 Å². The minimum Gasteiger partial charge on any atom is -0.491 e. The van der Waals surface area contributed by atoms with Crippen molar-refractivity contribution in [3.05, 3.63) is 67.8 Å². The van der Waals surface area contributed by atoms with Gasteiger partial charge in [-0.25, -0.2) is 0 Å². The topological polar surface area (TPSA) is 215 Å². The van der Waals surface area contributed by atoms with E-state index in [1.54, 1.807) is 12.2 Å². The van der Waals surface area contributed by atoms with Crippen molar-refractivity contribution in [3.63, 3.8) is 0 Å². The van der Waals surface area contributed by atoms with Crippen molar-refractivity contribution in [1.82, 2.24) is 0 Å². The van der Waals surface area contributed by atoms with E-state index >= 15 is 0 Å².